The lowest BCUT2D eigenvalue weighted by Gasteiger charge is -2.16. The maximum atomic E-state index is 11.9. The molecule has 3 heteroatoms. The predicted molar refractivity (Wildman–Crippen MR) is 64.3 cm³/mol. The van der Waals surface area contributed by atoms with Gasteiger partial charge in [0, 0.05) is 17.5 Å². The van der Waals surface area contributed by atoms with Crippen LogP contribution in [0.15, 0.2) is 6.07 Å². The average molecular weight is 220 g/mol. The van der Waals surface area contributed by atoms with Crippen LogP contribution in [-0.4, -0.2) is 15.8 Å². The summed E-state index contributed by atoms with van der Waals surface area (Å²) in [5.74, 6) is 0.962. The number of Topliss-reactive ketones (excluding diaryl/α,β-unsaturated/α-hetero) is 1. The van der Waals surface area contributed by atoms with Gasteiger partial charge >= 0.3 is 0 Å². The molecular weight excluding hydrogens is 200 g/mol. The molecule has 0 radical (unpaired) electrons. The van der Waals surface area contributed by atoms with Crippen LogP contribution in [0.2, 0.25) is 0 Å². The third-order valence-electron chi connectivity index (χ3n) is 2.48. The number of nitrogens with zero attached hydrogens (tertiary/aromatic N) is 2. The minimum absolute atomic E-state index is 0.215. The maximum absolute atomic E-state index is 11.9. The first-order valence-corrected chi connectivity index (χ1v) is 5.69. The van der Waals surface area contributed by atoms with E-state index in [1.54, 1.807) is 0 Å². The smallest absolute Gasteiger partial charge is 0.144 e. The number of aryl methyl sites for hydroxylation is 2. The van der Waals surface area contributed by atoms with E-state index in [2.05, 4.69) is 16.9 Å². The highest BCUT2D eigenvalue weighted by atomic mass is 16.1. The van der Waals surface area contributed by atoms with Crippen LogP contribution >= 0.6 is 0 Å². The van der Waals surface area contributed by atoms with E-state index < -0.39 is 0 Å². The summed E-state index contributed by atoms with van der Waals surface area (Å²) in [4.78, 5) is 20.5. The summed E-state index contributed by atoms with van der Waals surface area (Å²) in [6, 6.07) is 1.93. The Bertz CT molecular complexity index is 391. The molecule has 0 N–H and O–H groups in total. The van der Waals surface area contributed by atoms with Crippen LogP contribution in [0, 0.1) is 12.3 Å². The number of ketones is 1. The van der Waals surface area contributed by atoms with Gasteiger partial charge in [-0.25, -0.2) is 9.97 Å². The predicted octanol–water partition coefficient (Wildman–Crippen LogP) is 2.51. The highest BCUT2D eigenvalue weighted by Gasteiger charge is 2.21. The molecule has 0 bridgehead atoms. The summed E-state index contributed by atoms with van der Waals surface area (Å²) >= 11 is 0. The maximum Gasteiger partial charge on any atom is 0.144 e. The quantitative estimate of drug-likeness (QED) is 0.786. The molecule has 0 fully saturated rings. The van der Waals surface area contributed by atoms with Gasteiger partial charge < -0.3 is 0 Å². The Morgan fingerprint density at radius 3 is 2.31 bits per heavy atom. The molecule has 0 aromatic carbocycles. The van der Waals surface area contributed by atoms with Crippen molar-refractivity contribution in [3.05, 3.63) is 23.3 Å². The van der Waals surface area contributed by atoms with Gasteiger partial charge in [0.25, 0.3) is 0 Å². The molecule has 1 aromatic heterocycles. The third kappa shape index (κ3) is 3.40. The molecule has 0 aliphatic heterocycles. The van der Waals surface area contributed by atoms with Gasteiger partial charge in [0.2, 0.25) is 0 Å². The number of carbonyl (C=O) groups is 1. The number of hydrogen-bond acceptors (Lipinski definition) is 3. The van der Waals surface area contributed by atoms with Crippen LogP contribution in [0.25, 0.3) is 0 Å². The van der Waals surface area contributed by atoms with Gasteiger partial charge in [-0.1, -0.05) is 27.7 Å². The first kappa shape index (κ1) is 12.8. The molecule has 88 valence electrons. The van der Waals surface area contributed by atoms with E-state index in [9.17, 15) is 4.79 Å². The lowest BCUT2D eigenvalue weighted by molar-refractivity contribution is -0.125. The van der Waals surface area contributed by atoms with E-state index in [-0.39, 0.29) is 11.2 Å². The molecule has 16 heavy (non-hydrogen) atoms. The fourth-order valence-corrected chi connectivity index (χ4v) is 1.40. The van der Waals surface area contributed by atoms with Crippen LogP contribution in [0.4, 0.5) is 0 Å². The third-order valence-corrected chi connectivity index (χ3v) is 2.48. The minimum Gasteiger partial charge on any atom is -0.299 e. The van der Waals surface area contributed by atoms with Crippen molar-refractivity contribution in [1.82, 2.24) is 9.97 Å². The monoisotopic (exact) mass is 220 g/mol. The largest absolute Gasteiger partial charge is 0.299 e. The van der Waals surface area contributed by atoms with E-state index in [0.29, 0.717) is 6.42 Å². The lowest BCUT2D eigenvalue weighted by atomic mass is 9.88. The normalized spacial score (nSPS) is 11.6. The van der Waals surface area contributed by atoms with Gasteiger partial charge in [0.15, 0.2) is 0 Å². The summed E-state index contributed by atoms with van der Waals surface area (Å²) in [5, 5.41) is 0. The highest BCUT2D eigenvalue weighted by Crippen LogP contribution is 2.17. The summed E-state index contributed by atoms with van der Waals surface area (Å²) < 4.78 is 0. The Hall–Kier alpha value is -1.25. The van der Waals surface area contributed by atoms with Crippen molar-refractivity contribution in [3.63, 3.8) is 0 Å². The van der Waals surface area contributed by atoms with Crippen molar-refractivity contribution < 1.29 is 4.79 Å². The van der Waals surface area contributed by atoms with Crippen molar-refractivity contribution >= 4 is 5.78 Å². The Morgan fingerprint density at radius 2 is 1.81 bits per heavy atom. The number of aromatic nitrogens is 2. The number of rotatable bonds is 3. The van der Waals surface area contributed by atoms with Crippen molar-refractivity contribution in [2.24, 2.45) is 5.41 Å². The van der Waals surface area contributed by atoms with Crippen LogP contribution in [0.1, 0.15) is 44.9 Å². The van der Waals surface area contributed by atoms with Crippen molar-refractivity contribution in [3.8, 4) is 0 Å². The second kappa shape index (κ2) is 4.73. The Balaban J connectivity index is 2.89. The van der Waals surface area contributed by atoms with E-state index in [1.807, 2.05) is 33.8 Å². The molecule has 0 amide bonds. The van der Waals surface area contributed by atoms with Gasteiger partial charge in [-0.3, -0.25) is 4.79 Å². The number of carbonyl (C=O) groups excluding carboxylic acids is 1. The number of hydrogen-bond donors (Lipinski definition) is 0. The standard InChI is InChI=1S/C13H20N2O/c1-6-10-7-11(15-9(2)14-10)8-12(16)13(3,4)5/h7H,6,8H2,1-5H3. The zero-order chi connectivity index (χ0) is 12.3. The first-order chi connectivity index (χ1) is 7.32. The molecule has 1 rings (SSSR count). The van der Waals surface area contributed by atoms with E-state index >= 15 is 0 Å². The SMILES string of the molecule is CCc1cc(CC(=O)C(C)(C)C)nc(C)n1. The molecule has 3 nitrogen and oxygen atoms in total. The second-order valence-corrected chi connectivity index (χ2v) is 5.10. The van der Waals surface area contributed by atoms with Crippen molar-refractivity contribution in [1.29, 1.82) is 0 Å². The second-order valence-electron chi connectivity index (χ2n) is 5.10. The fraction of sp³-hybridized carbons (Fsp3) is 0.615. The van der Waals surface area contributed by atoms with Gasteiger partial charge in [-0.2, -0.15) is 0 Å². The van der Waals surface area contributed by atoms with E-state index in [4.69, 9.17) is 0 Å². The fourth-order valence-electron chi connectivity index (χ4n) is 1.40. The van der Waals surface area contributed by atoms with Gasteiger partial charge in [0.1, 0.15) is 11.6 Å². The van der Waals surface area contributed by atoms with Gasteiger partial charge in [-0.15, -0.1) is 0 Å². The van der Waals surface area contributed by atoms with Crippen molar-refractivity contribution in [2.45, 2.75) is 47.5 Å². The average Bonchev–Trinajstić information content (AvgIpc) is 2.15. The topological polar surface area (TPSA) is 42.9 Å². The minimum atomic E-state index is -0.300. The summed E-state index contributed by atoms with van der Waals surface area (Å²) in [7, 11) is 0. The molecule has 0 atom stereocenters. The molecule has 0 saturated heterocycles. The molecule has 0 spiro atoms. The van der Waals surface area contributed by atoms with E-state index in [0.717, 1.165) is 23.6 Å². The molecule has 1 aromatic rings. The molecular formula is C13H20N2O. The molecule has 0 aliphatic carbocycles. The Morgan fingerprint density at radius 1 is 1.25 bits per heavy atom. The highest BCUT2D eigenvalue weighted by molar-refractivity contribution is 5.85. The summed E-state index contributed by atoms with van der Waals surface area (Å²) in [6.07, 6.45) is 1.28. The summed E-state index contributed by atoms with van der Waals surface area (Å²) in [6.45, 7) is 9.72. The Labute approximate surface area is 97.3 Å². The molecule has 1 heterocycles. The zero-order valence-electron chi connectivity index (χ0n) is 10.8. The van der Waals surface area contributed by atoms with Crippen LogP contribution in [-0.2, 0) is 17.6 Å². The Kier molecular flexibility index (Phi) is 3.79. The molecule has 0 saturated carbocycles. The van der Waals surface area contributed by atoms with Crippen LogP contribution < -0.4 is 0 Å². The zero-order valence-corrected chi connectivity index (χ0v) is 10.8. The molecule has 0 unspecified atom stereocenters. The first-order valence-electron chi connectivity index (χ1n) is 5.69. The van der Waals surface area contributed by atoms with E-state index in [1.165, 1.54) is 0 Å². The van der Waals surface area contributed by atoms with Gasteiger partial charge in [0.05, 0.1) is 5.69 Å². The van der Waals surface area contributed by atoms with Crippen LogP contribution in [0.5, 0.6) is 0 Å². The van der Waals surface area contributed by atoms with Crippen LogP contribution in [0.3, 0.4) is 0 Å². The summed E-state index contributed by atoms with van der Waals surface area (Å²) in [5.41, 5.74) is 1.54. The van der Waals surface area contributed by atoms with Gasteiger partial charge in [-0.05, 0) is 19.4 Å². The lowest BCUT2D eigenvalue weighted by Crippen LogP contribution is -2.22. The molecule has 0 aliphatic rings. The van der Waals surface area contributed by atoms with Crippen molar-refractivity contribution in [2.75, 3.05) is 0 Å².